The van der Waals surface area contributed by atoms with Crippen molar-refractivity contribution in [3.05, 3.63) is 241 Å². The number of hydrogen-bond donors (Lipinski definition) is 5. The predicted octanol–water partition coefficient (Wildman–Crippen LogP) is 3.23. The van der Waals surface area contributed by atoms with Crippen LogP contribution in [0.1, 0.15) is 38.8 Å². The molecule has 14 aromatic rings. The summed E-state index contributed by atoms with van der Waals surface area (Å²) in [6, 6.07) is 2.03. The van der Waals surface area contributed by atoms with Crippen LogP contribution < -0.4 is 17.0 Å². The van der Waals surface area contributed by atoms with Crippen molar-refractivity contribution in [2.75, 3.05) is 20.7 Å². The number of aromatic carboxylic acids is 1. The summed E-state index contributed by atoms with van der Waals surface area (Å²) in [5.41, 5.74) is 15.0. The van der Waals surface area contributed by atoms with Gasteiger partial charge in [-0.1, -0.05) is 11.6 Å². The zero-order valence-electron chi connectivity index (χ0n) is 50.4. The van der Waals surface area contributed by atoms with E-state index in [9.17, 15) is 49.5 Å². The summed E-state index contributed by atoms with van der Waals surface area (Å²) >= 11 is 5.76. The van der Waals surface area contributed by atoms with Gasteiger partial charge in [0.1, 0.15) is 41.2 Å². The average Bonchev–Trinajstić information content (AvgIpc) is 1.49. The van der Waals surface area contributed by atoms with E-state index in [-0.39, 0.29) is 40.5 Å². The first-order valence-electron chi connectivity index (χ1n) is 27.1. The van der Waals surface area contributed by atoms with Crippen LogP contribution in [0.15, 0.2) is 178 Å². The average molecular weight is 1350 g/mol. The zero-order chi connectivity index (χ0) is 70.6. The maximum atomic E-state index is 11.5. The number of aromatic amines is 1. The van der Waals surface area contributed by atoms with E-state index in [0.29, 0.717) is 49.9 Å². The van der Waals surface area contributed by atoms with Gasteiger partial charge in [0.05, 0.1) is 157 Å². The van der Waals surface area contributed by atoms with Crippen LogP contribution in [-0.4, -0.2) is 177 Å². The lowest BCUT2D eigenvalue weighted by atomic mass is 10.3. The third-order valence-corrected chi connectivity index (χ3v) is 12.6. The molecule has 1 amide bonds. The van der Waals surface area contributed by atoms with Gasteiger partial charge in [0.2, 0.25) is 5.15 Å². The fourth-order valence-electron chi connectivity index (χ4n) is 7.90. The van der Waals surface area contributed by atoms with E-state index >= 15 is 0 Å². The molecule has 43 heteroatoms. The number of halogens is 1. The summed E-state index contributed by atoms with van der Waals surface area (Å²) in [4.78, 5) is 112. The predicted molar refractivity (Wildman–Crippen MR) is 338 cm³/mol. The molecule has 0 bridgehead atoms. The number of fused-ring (bicyclic) bond motifs is 6. The highest BCUT2D eigenvalue weighted by Crippen LogP contribution is 2.27. The number of nitrogen functional groups attached to an aromatic ring is 1. The summed E-state index contributed by atoms with van der Waals surface area (Å²) in [6.45, 7) is 1.71. The third kappa shape index (κ3) is 16.8. The van der Waals surface area contributed by atoms with Crippen LogP contribution >= 0.6 is 11.6 Å². The minimum absolute atomic E-state index is 0.0120. The molecular weight excluding hydrogens is 1310 g/mol. The second-order valence-corrected chi connectivity index (χ2v) is 19.1. The molecule has 14 aromatic heterocycles. The van der Waals surface area contributed by atoms with Gasteiger partial charge in [-0.05, 0) is 6.92 Å². The van der Waals surface area contributed by atoms with Gasteiger partial charge < -0.3 is 31.2 Å². The Kier molecular flexibility index (Phi) is 22.4. The quantitative estimate of drug-likeness (QED) is 0.0236. The van der Waals surface area contributed by atoms with Gasteiger partial charge in [0.25, 0.3) is 5.91 Å². The molecule has 14 rings (SSSR count). The zero-order valence-corrected chi connectivity index (χ0v) is 51.1. The van der Waals surface area contributed by atoms with Crippen molar-refractivity contribution in [1.82, 2.24) is 112 Å². The number of primary amides is 1. The molecule has 0 aliphatic heterocycles. The molecule has 98 heavy (non-hydrogen) atoms. The highest BCUT2D eigenvalue weighted by Gasteiger charge is 2.24. The SMILES string of the molecule is CCOC(=O)/C(=C/N(C)C)[N+](=O)[O-].N#Cc1cnn2ccncc12.N=C(N)c1cnn2ccncc12.NC(=O)c1cnn2ccncc12.O=C(O)c1cnn2ccncc12.O=[N+]([O-])c1cnc(-c2cnn3ccncc23)nc1Cl.O=c1[nH]c(-c2cnn3ccncc23)ncc1[N+](=O)[O-]. The largest absolute Gasteiger partial charge is 0.478 e. The lowest BCUT2D eigenvalue weighted by molar-refractivity contribution is -0.422. The highest BCUT2D eigenvalue weighted by molar-refractivity contribution is 6.31. The Bertz CT molecular complexity index is 5200. The number of aromatic nitrogens is 22. The lowest BCUT2D eigenvalue weighted by Crippen LogP contribution is -2.18. The number of carbonyl (C=O) groups is 3. The summed E-state index contributed by atoms with van der Waals surface area (Å²) in [5, 5.41) is 79.7. The molecule has 0 saturated carbocycles. The smallest absolute Gasteiger partial charge is 0.411 e. The van der Waals surface area contributed by atoms with E-state index in [1.165, 1.54) is 40.4 Å². The van der Waals surface area contributed by atoms with Gasteiger partial charge in [-0.2, -0.15) is 35.9 Å². The summed E-state index contributed by atoms with van der Waals surface area (Å²) in [6.07, 6.45) is 40.9. The van der Waals surface area contributed by atoms with E-state index in [0.717, 1.165) is 29.6 Å². The Hall–Kier alpha value is -14.9. The standard InChI is InChI=1S/C10H5ClN6O2.C10H6N6O3.C7H7N5.C7H6N4O.C7H4N4.C7H5N3O2.C7H12N2O4/c11-9-8(17(18)19)5-13-10(15-9)6-3-14-16-2-1-12-4-7(6)16;17-10-8(16(18)19)5-12-9(14-10)6-3-13-15-2-1-11-4-7(6)15;8-7(9)5-3-11-12-2-1-10-4-6(5)12;8-7(12)5-3-10-11-2-1-9-4-6(5)11;8-3-6-4-10-11-2-1-9-5-7(6)11;11-7(12)5-3-9-10-2-1-8-4-6(5)10;1-4-13-7(10)6(9(11)12)5-8(2)3/h1-5H;1-5H,(H,12,14,17);1-4H,(H3,8,9);1-4H,(H2,8,12);1-2,4-5H;1-4H,(H,11,12);5H,4H2,1-3H3/b;;;;;;6-5-. The number of amides is 1. The summed E-state index contributed by atoms with van der Waals surface area (Å²) in [5.74, 6) is -1.91. The third-order valence-electron chi connectivity index (χ3n) is 12.3. The maximum absolute atomic E-state index is 11.5. The molecule has 0 aliphatic rings. The van der Waals surface area contributed by atoms with E-state index in [1.54, 1.807) is 161 Å². The van der Waals surface area contributed by atoms with Crippen molar-refractivity contribution in [3.8, 4) is 28.8 Å². The van der Waals surface area contributed by atoms with Crippen molar-refractivity contribution >= 4 is 79.8 Å². The number of nitro groups is 3. The van der Waals surface area contributed by atoms with Gasteiger partial charge in [0.15, 0.2) is 5.82 Å². The Morgan fingerprint density at radius 3 is 1.49 bits per heavy atom. The number of carbonyl (C=O) groups excluding carboxylic acids is 2. The Morgan fingerprint density at radius 2 is 1.04 bits per heavy atom. The Balaban J connectivity index is 0.000000147. The fraction of sp³-hybridized carbons (Fsp3) is 0.0727. The van der Waals surface area contributed by atoms with Crippen LogP contribution in [0, 0.1) is 47.1 Å². The first-order valence-corrected chi connectivity index (χ1v) is 27.5. The summed E-state index contributed by atoms with van der Waals surface area (Å²) in [7, 11) is 3.17. The number of carboxylic acids is 1. The molecule has 0 radical (unpaired) electrons. The van der Waals surface area contributed by atoms with E-state index in [2.05, 4.69) is 85.2 Å². The molecule has 0 spiro atoms. The number of nitrogens with one attached hydrogen (secondary N) is 2. The van der Waals surface area contributed by atoms with Crippen LogP contribution in [0.25, 0.3) is 55.9 Å². The molecule has 7 N–H and O–H groups in total. The van der Waals surface area contributed by atoms with Crippen molar-refractivity contribution in [2.45, 2.75) is 6.92 Å². The van der Waals surface area contributed by atoms with Crippen LogP contribution in [0.2, 0.25) is 5.15 Å². The van der Waals surface area contributed by atoms with Gasteiger partial charge in [-0.25, -0.2) is 51.6 Å². The van der Waals surface area contributed by atoms with Crippen LogP contribution in [0.3, 0.4) is 0 Å². The topological polar surface area (TPSA) is 566 Å². The molecular formula is C55H45ClN30O12. The Labute approximate surface area is 549 Å². The van der Waals surface area contributed by atoms with Crippen molar-refractivity contribution in [2.24, 2.45) is 11.5 Å². The number of H-pyrrole nitrogens is 1. The van der Waals surface area contributed by atoms with Gasteiger partial charge in [-0.3, -0.25) is 75.2 Å². The number of nitrogens with zero attached hydrogens (tertiary/aromatic N) is 26. The van der Waals surface area contributed by atoms with Gasteiger partial charge in [-0.15, -0.1) is 0 Å². The molecule has 0 aromatic carbocycles. The van der Waals surface area contributed by atoms with Crippen molar-refractivity contribution in [1.29, 1.82) is 10.7 Å². The number of amidine groups is 1. The Morgan fingerprint density at radius 1 is 0.622 bits per heavy atom. The highest BCUT2D eigenvalue weighted by atomic mass is 35.5. The van der Waals surface area contributed by atoms with Crippen LogP contribution in [0.4, 0.5) is 11.4 Å². The molecule has 0 unspecified atom stereocenters. The molecule has 0 aliphatic carbocycles. The van der Waals surface area contributed by atoms with Crippen LogP contribution in [0.5, 0.6) is 0 Å². The monoisotopic (exact) mass is 1350 g/mol. The normalized spacial score (nSPS) is 10.5. The number of esters is 1. The first kappa shape index (κ1) is 69.0. The molecule has 0 atom stereocenters. The van der Waals surface area contributed by atoms with Gasteiger partial charge >= 0.3 is 34.6 Å². The second kappa shape index (κ2) is 31.9. The molecule has 494 valence electrons. The van der Waals surface area contributed by atoms with E-state index < -0.39 is 49.6 Å². The number of rotatable bonds is 11. The number of nitriles is 1. The van der Waals surface area contributed by atoms with E-state index in [4.69, 9.17) is 38.8 Å². The minimum Gasteiger partial charge on any atom is -0.478 e. The molecule has 14 heterocycles. The molecule has 0 saturated heterocycles. The second-order valence-electron chi connectivity index (χ2n) is 18.8. The number of nitrogens with two attached hydrogens (primary N) is 2. The molecule has 42 nitrogen and oxygen atoms in total. The number of carboxylic acid groups (broad SMARTS) is 1. The fourth-order valence-corrected chi connectivity index (χ4v) is 8.09. The summed E-state index contributed by atoms with van der Waals surface area (Å²) < 4.78 is 13.9. The number of hydrogen-bond acceptors (Lipinski definition) is 29. The maximum Gasteiger partial charge on any atom is 0.411 e. The van der Waals surface area contributed by atoms with Crippen molar-refractivity contribution < 1.29 is 39.0 Å². The first-order chi connectivity index (χ1) is 47.1. The van der Waals surface area contributed by atoms with Gasteiger partial charge in [0, 0.05) is 88.5 Å². The lowest BCUT2D eigenvalue weighted by Gasteiger charge is -2.04. The van der Waals surface area contributed by atoms with Crippen molar-refractivity contribution in [3.63, 3.8) is 0 Å². The van der Waals surface area contributed by atoms with Crippen LogP contribution in [-0.2, 0) is 9.53 Å². The minimum atomic E-state index is -0.988. The number of ether oxygens (including phenoxy) is 1. The molecule has 0 fully saturated rings. The van der Waals surface area contributed by atoms with E-state index in [1.807, 2.05) is 6.07 Å².